The number of phenolic OH excluding ortho intramolecular Hbond substituents is 3. The lowest BCUT2D eigenvalue weighted by molar-refractivity contribution is -0.956. The Morgan fingerprint density at radius 3 is 2.38 bits per heavy atom. The van der Waals surface area contributed by atoms with Gasteiger partial charge in [-0.05, 0) is 35.4 Å². The molecule has 0 saturated carbocycles. The van der Waals surface area contributed by atoms with E-state index in [0.717, 1.165) is 47.1 Å². The van der Waals surface area contributed by atoms with E-state index in [-0.39, 0.29) is 23.3 Å². The molecule has 0 radical (unpaired) electrons. The number of quaternary nitrogens is 1. The lowest BCUT2D eigenvalue weighted by Crippen LogP contribution is -2.53. The van der Waals surface area contributed by atoms with Crippen LogP contribution >= 0.6 is 0 Å². The second kappa shape index (κ2) is 5.05. The third kappa shape index (κ3) is 2.12. The molecule has 2 aliphatic rings. The molecule has 0 amide bonds. The van der Waals surface area contributed by atoms with Gasteiger partial charge in [0.25, 0.3) is 0 Å². The van der Waals surface area contributed by atoms with Crippen molar-refractivity contribution in [1.82, 2.24) is 0 Å². The normalized spacial score (nSPS) is 24.7. The summed E-state index contributed by atoms with van der Waals surface area (Å²) >= 11 is 0. The van der Waals surface area contributed by atoms with Crippen LogP contribution in [0.25, 0.3) is 0 Å². The van der Waals surface area contributed by atoms with Gasteiger partial charge in [-0.1, -0.05) is 0 Å². The van der Waals surface area contributed by atoms with E-state index < -0.39 is 0 Å². The first-order chi connectivity index (χ1) is 11.4. The number of nitrogens with zero attached hydrogens (tertiary/aromatic N) is 1. The molecule has 0 aromatic heterocycles. The standard InChI is InChI=1S/C19H21NO4/c1-20-4-3-11-8-19(24-2)18(23)9-14(11)15(20)5-12-6-16(21)17(22)7-13(12)10-20/h6-9,15H,3-5,10H2,1-2H3,(H2-,21,22,23)/p+1/t15-,20+/m0/s1. The molecule has 0 bridgehead atoms. The summed E-state index contributed by atoms with van der Waals surface area (Å²) < 4.78 is 6.08. The lowest BCUT2D eigenvalue weighted by atomic mass is 9.81. The van der Waals surface area contributed by atoms with Crippen molar-refractivity contribution in [1.29, 1.82) is 0 Å². The third-order valence-electron chi connectivity index (χ3n) is 5.69. The number of benzene rings is 2. The minimum Gasteiger partial charge on any atom is -0.504 e. The summed E-state index contributed by atoms with van der Waals surface area (Å²) in [6.07, 6.45) is 1.71. The van der Waals surface area contributed by atoms with E-state index in [1.165, 1.54) is 5.56 Å². The van der Waals surface area contributed by atoms with Gasteiger partial charge in [0.05, 0.1) is 20.7 Å². The molecule has 2 heterocycles. The lowest BCUT2D eigenvalue weighted by Gasteiger charge is -2.49. The van der Waals surface area contributed by atoms with Crippen LogP contribution in [0.5, 0.6) is 23.0 Å². The van der Waals surface area contributed by atoms with Gasteiger partial charge in [-0.2, -0.15) is 0 Å². The van der Waals surface area contributed by atoms with Crippen molar-refractivity contribution in [2.45, 2.75) is 25.4 Å². The van der Waals surface area contributed by atoms with E-state index >= 15 is 0 Å². The second-order valence-corrected chi connectivity index (χ2v) is 7.16. The van der Waals surface area contributed by atoms with E-state index in [9.17, 15) is 15.3 Å². The average molecular weight is 328 g/mol. The summed E-state index contributed by atoms with van der Waals surface area (Å²) in [5, 5.41) is 29.8. The van der Waals surface area contributed by atoms with Gasteiger partial charge in [-0.25, -0.2) is 0 Å². The third-order valence-corrected chi connectivity index (χ3v) is 5.69. The number of hydrogen-bond donors (Lipinski definition) is 3. The minimum absolute atomic E-state index is 0.0569. The van der Waals surface area contributed by atoms with Crippen molar-refractivity contribution in [3.8, 4) is 23.0 Å². The van der Waals surface area contributed by atoms with Crippen LogP contribution in [0.4, 0.5) is 0 Å². The molecule has 3 N–H and O–H groups in total. The van der Waals surface area contributed by atoms with Gasteiger partial charge in [-0.3, -0.25) is 0 Å². The molecule has 24 heavy (non-hydrogen) atoms. The number of ether oxygens (including phenoxy) is 1. The summed E-state index contributed by atoms with van der Waals surface area (Å²) in [6.45, 7) is 1.80. The zero-order valence-corrected chi connectivity index (χ0v) is 13.9. The molecule has 0 saturated heterocycles. The summed E-state index contributed by atoms with van der Waals surface area (Å²) in [6, 6.07) is 7.36. The van der Waals surface area contributed by atoms with Crippen molar-refractivity contribution < 1.29 is 24.5 Å². The van der Waals surface area contributed by atoms with Gasteiger partial charge < -0.3 is 24.5 Å². The highest BCUT2D eigenvalue weighted by molar-refractivity contribution is 5.50. The highest BCUT2D eigenvalue weighted by Gasteiger charge is 2.43. The predicted octanol–water partition coefficient (Wildman–Crippen LogP) is 2.61. The van der Waals surface area contributed by atoms with Gasteiger partial charge in [0.15, 0.2) is 23.0 Å². The van der Waals surface area contributed by atoms with Gasteiger partial charge in [0.2, 0.25) is 0 Å². The smallest absolute Gasteiger partial charge is 0.160 e. The van der Waals surface area contributed by atoms with E-state index in [1.54, 1.807) is 19.2 Å². The van der Waals surface area contributed by atoms with Crippen LogP contribution in [0.15, 0.2) is 24.3 Å². The summed E-state index contributed by atoms with van der Waals surface area (Å²) in [7, 11) is 3.79. The summed E-state index contributed by atoms with van der Waals surface area (Å²) in [4.78, 5) is 0. The van der Waals surface area contributed by atoms with Crippen LogP contribution in [-0.2, 0) is 19.4 Å². The Balaban J connectivity index is 1.82. The fourth-order valence-electron chi connectivity index (χ4n) is 4.30. The van der Waals surface area contributed by atoms with Crippen molar-refractivity contribution in [2.75, 3.05) is 20.7 Å². The van der Waals surface area contributed by atoms with E-state index in [4.69, 9.17) is 4.74 Å². The Hall–Kier alpha value is -2.40. The molecule has 126 valence electrons. The predicted molar refractivity (Wildman–Crippen MR) is 89.3 cm³/mol. The molecule has 2 aromatic rings. The molecule has 0 unspecified atom stereocenters. The topological polar surface area (TPSA) is 69.9 Å². The molecule has 5 heteroatoms. The number of fused-ring (bicyclic) bond motifs is 4. The molecule has 0 fully saturated rings. The highest BCUT2D eigenvalue weighted by atomic mass is 16.5. The Kier molecular flexibility index (Phi) is 3.18. The average Bonchev–Trinajstić information content (AvgIpc) is 2.54. The van der Waals surface area contributed by atoms with Crippen molar-refractivity contribution in [2.24, 2.45) is 0 Å². The summed E-state index contributed by atoms with van der Waals surface area (Å²) in [5.41, 5.74) is 4.52. The van der Waals surface area contributed by atoms with E-state index in [0.29, 0.717) is 5.75 Å². The van der Waals surface area contributed by atoms with Crippen molar-refractivity contribution >= 4 is 0 Å². The van der Waals surface area contributed by atoms with Crippen LogP contribution in [0.1, 0.15) is 28.3 Å². The summed E-state index contributed by atoms with van der Waals surface area (Å²) in [5.74, 6) is 0.560. The van der Waals surface area contributed by atoms with Gasteiger partial charge in [-0.15, -0.1) is 0 Å². The maximum absolute atomic E-state index is 10.2. The fourth-order valence-corrected chi connectivity index (χ4v) is 4.30. The quantitative estimate of drug-likeness (QED) is 0.556. The number of rotatable bonds is 1. The van der Waals surface area contributed by atoms with Crippen LogP contribution in [0, 0.1) is 0 Å². The molecule has 5 nitrogen and oxygen atoms in total. The molecule has 0 aliphatic carbocycles. The largest absolute Gasteiger partial charge is 0.504 e. The number of methoxy groups -OCH3 is 1. The highest BCUT2D eigenvalue weighted by Crippen LogP contribution is 2.47. The van der Waals surface area contributed by atoms with Crippen molar-refractivity contribution in [3.05, 3.63) is 46.5 Å². The van der Waals surface area contributed by atoms with E-state index in [1.807, 2.05) is 12.1 Å². The van der Waals surface area contributed by atoms with Crippen LogP contribution in [-0.4, -0.2) is 40.5 Å². The second-order valence-electron chi connectivity index (χ2n) is 7.16. The number of likely N-dealkylation sites (N-methyl/N-ethyl adjacent to an activating group) is 1. The molecular weight excluding hydrogens is 306 g/mol. The molecule has 2 aromatic carbocycles. The minimum atomic E-state index is -0.0709. The molecular formula is C19H22NO4+. The van der Waals surface area contributed by atoms with Gasteiger partial charge in [0, 0.05) is 24.0 Å². The van der Waals surface area contributed by atoms with E-state index in [2.05, 4.69) is 7.05 Å². The maximum atomic E-state index is 10.2. The van der Waals surface area contributed by atoms with Crippen molar-refractivity contribution in [3.63, 3.8) is 0 Å². The number of phenols is 3. The fraction of sp³-hybridized carbons (Fsp3) is 0.368. The first kappa shape index (κ1) is 15.1. The Morgan fingerprint density at radius 2 is 1.67 bits per heavy atom. The van der Waals surface area contributed by atoms with Crippen LogP contribution in [0.2, 0.25) is 0 Å². The number of aromatic hydroxyl groups is 3. The zero-order valence-electron chi connectivity index (χ0n) is 13.9. The Labute approximate surface area is 140 Å². The number of hydrogen-bond acceptors (Lipinski definition) is 4. The monoisotopic (exact) mass is 328 g/mol. The van der Waals surface area contributed by atoms with Crippen LogP contribution < -0.4 is 4.74 Å². The maximum Gasteiger partial charge on any atom is 0.160 e. The first-order valence-corrected chi connectivity index (χ1v) is 8.19. The van der Waals surface area contributed by atoms with Crippen LogP contribution in [0.3, 0.4) is 0 Å². The Bertz CT molecular complexity index is 833. The molecule has 4 rings (SSSR count). The molecule has 0 spiro atoms. The van der Waals surface area contributed by atoms with Gasteiger partial charge in [0.1, 0.15) is 12.6 Å². The first-order valence-electron chi connectivity index (χ1n) is 8.19. The molecule has 2 aliphatic heterocycles. The zero-order chi connectivity index (χ0) is 17.1. The van der Waals surface area contributed by atoms with Gasteiger partial charge >= 0.3 is 0 Å². The molecule has 2 atom stereocenters. The Morgan fingerprint density at radius 1 is 0.958 bits per heavy atom. The SMILES string of the molecule is COc1cc2c(cc1O)[C@@H]1Cc3cc(O)c(O)cc3C[N@@+]1(C)CC2.